The largest absolute Gasteiger partial charge is 0.452 e. The lowest BCUT2D eigenvalue weighted by Crippen LogP contribution is -2.44. The molecule has 144 valence electrons. The van der Waals surface area contributed by atoms with Crippen molar-refractivity contribution in [3.63, 3.8) is 0 Å². The molecule has 0 spiro atoms. The number of piperidine rings is 1. The molecule has 0 radical (unpaired) electrons. The number of aryl methyl sites for hydroxylation is 1. The summed E-state index contributed by atoms with van der Waals surface area (Å²) in [6.45, 7) is 9.13. The maximum Gasteiger partial charge on any atom is 0.342 e. The van der Waals surface area contributed by atoms with Crippen LogP contribution in [-0.2, 0) is 9.53 Å². The van der Waals surface area contributed by atoms with Crippen molar-refractivity contribution in [3.05, 3.63) is 47.3 Å². The summed E-state index contributed by atoms with van der Waals surface area (Å²) in [6, 6.07) is 9.62. The second-order valence-corrected chi connectivity index (χ2v) is 7.61. The van der Waals surface area contributed by atoms with Gasteiger partial charge in [0.1, 0.15) is 5.56 Å². The average Bonchev–Trinajstić information content (AvgIpc) is 2.93. The van der Waals surface area contributed by atoms with Crippen LogP contribution in [0.25, 0.3) is 5.69 Å². The minimum absolute atomic E-state index is 0.132. The quantitative estimate of drug-likeness (QED) is 0.777. The molecule has 1 aromatic carbocycles. The van der Waals surface area contributed by atoms with Gasteiger partial charge in [-0.3, -0.25) is 4.79 Å². The molecule has 1 fully saturated rings. The summed E-state index contributed by atoms with van der Waals surface area (Å²) in [5.74, 6) is 0.315. The van der Waals surface area contributed by atoms with E-state index in [-0.39, 0.29) is 12.5 Å². The molecule has 6 nitrogen and oxygen atoms in total. The second-order valence-electron chi connectivity index (χ2n) is 7.61. The number of aromatic nitrogens is 2. The van der Waals surface area contributed by atoms with Crippen LogP contribution in [0.3, 0.4) is 0 Å². The summed E-state index contributed by atoms with van der Waals surface area (Å²) in [7, 11) is 0. The second kappa shape index (κ2) is 7.94. The molecule has 1 aliphatic rings. The van der Waals surface area contributed by atoms with Crippen LogP contribution in [0, 0.1) is 25.7 Å². The number of carbonyl (C=O) groups is 2. The molecule has 2 heterocycles. The molecular weight excluding hydrogens is 342 g/mol. The smallest absolute Gasteiger partial charge is 0.342 e. The third kappa shape index (κ3) is 4.21. The third-order valence-electron chi connectivity index (χ3n) is 5.04. The first-order chi connectivity index (χ1) is 12.9. The van der Waals surface area contributed by atoms with Crippen LogP contribution in [0.2, 0.25) is 0 Å². The van der Waals surface area contributed by atoms with Gasteiger partial charge < -0.3 is 9.64 Å². The molecular formula is C21H27N3O3. The Balaban J connectivity index is 1.68. The lowest BCUT2D eigenvalue weighted by Gasteiger charge is -2.34. The highest BCUT2D eigenvalue weighted by Gasteiger charge is 2.27. The molecule has 0 unspecified atom stereocenters. The standard InChI is InChI=1S/C21H27N3O3/c1-14-10-15(2)12-23(11-14)19(25)13-27-21(26)20-16(3)22-24(17(20)4)18-8-6-5-7-9-18/h5-9,14-15H,10-13H2,1-4H3/t14-,15-/m1/s1. The van der Waals surface area contributed by atoms with E-state index >= 15 is 0 Å². The number of nitrogens with zero attached hydrogens (tertiary/aromatic N) is 3. The van der Waals surface area contributed by atoms with Crippen LogP contribution in [0.1, 0.15) is 42.0 Å². The molecule has 2 atom stereocenters. The molecule has 1 saturated heterocycles. The van der Waals surface area contributed by atoms with Crippen molar-refractivity contribution in [2.24, 2.45) is 11.8 Å². The van der Waals surface area contributed by atoms with E-state index in [4.69, 9.17) is 4.74 Å². The van der Waals surface area contributed by atoms with Crippen molar-refractivity contribution in [2.75, 3.05) is 19.7 Å². The number of likely N-dealkylation sites (tertiary alicyclic amines) is 1. The number of hydrogen-bond donors (Lipinski definition) is 0. The van der Waals surface area contributed by atoms with Gasteiger partial charge in [-0.2, -0.15) is 5.10 Å². The number of amides is 1. The minimum atomic E-state index is -0.501. The van der Waals surface area contributed by atoms with Crippen LogP contribution in [-0.4, -0.2) is 46.3 Å². The first-order valence-corrected chi connectivity index (χ1v) is 9.43. The number of para-hydroxylation sites is 1. The predicted octanol–water partition coefficient (Wildman–Crippen LogP) is 3.15. The fourth-order valence-electron chi connectivity index (χ4n) is 3.92. The van der Waals surface area contributed by atoms with Crippen molar-refractivity contribution in [1.82, 2.24) is 14.7 Å². The molecule has 1 amide bonds. The lowest BCUT2D eigenvalue weighted by molar-refractivity contribution is -0.137. The number of benzene rings is 1. The van der Waals surface area contributed by atoms with Crippen LogP contribution in [0.5, 0.6) is 0 Å². The maximum absolute atomic E-state index is 12.6. The Labute approximate surface area is 160 Å². The molecule has 27 heavy (non-hydrogen) atoms. The summed E-state index contributed by atoms with van der Waals surface area (Å²) >= 11 is 0. The number of ether oxygens (including phenoxy) is 1. The van der Waals surface area contributed by atoms with Gasteiger partial charge in [0.25, 0.3) is 5.91 Å². The molecule has 0 saturated carbocycles. The normalized spacial score (nSPS) is 19.8. The lowest BCUT2D eigenvalue weighted by atomic mass is 9.92. The van der Waals surface area contributed by atoms with Crippen molar-refractivity contribution < 1.29 is 14.3 Å². The Hall–Kier alpha value is -2.63. The van der Waals surface area contributed by atoms with Crippen molar-refractivity contribution in [3.8, 4) is 5.69 Å². The Morgan fingerprint density at radius 1 is 1.11 bits per heavy atom. The van der Waals surface area contributed by atoms with Gasteiger partial charge in [-0.05, 0) is 44.2 Å². The monoisotopic (exact) mass is 369 g/mol. The van der Waals surface area contributed by atoms with Crippen LogP contribution >= 0.6 is 0 Å². The zero-order valence-electron chi connectivity index (χ0n) is 16.4. The summed E-state index contributed by atoms with van der Waals surface area (Å²) in [5.41, 5.74) is 2.60. The Morgan fingerprint density at radius 2 is 1.74 bits per heavy atom. The van der Waals surface area contributed by atoms with Crippen LogP contribution < -0.4 is 0 Å². The highest BCUT2D eigenvalue weighted by Crippen LogP contribution is 2.22. The van der Waals surface area contributed by atoms with Gasteiger partial charge in [0.15, 0.2) is 6.61 Å². The van der Waals surface area contributed by atoms with E-state index in [1.807, 2.05) is 37.3 Å². The van der Waals surface area contributed by atoms with Gasteiger partial charge in [-0.25, -0.2) is 9.48 Å². The summed E-state index contributed by atoms with van der Waals surface area (Å²) in [4.78, 5) is 26.9. The molecule has 1 aromatic heterocycles. The molecule has 0 N–H and O–H groups in total. The SMILES string of the molecule is Cc1nn(-c2ccccc2)c(C)c1C(=O)OCC(=O)N1C[C@H](C)C[C@@H](C)C1. The maximum atomic E-state index is 12.6. The third-order valence-corrected chi connectivity index (χ3v) is 5.04. The average molecular weight is 369 g/mol. The first-order valence-electron chi connectivity index (χ1n) is 9.43. The molecule has 1 aliphatic heterocycles. The number of rotatable bonds is 4. The zero-order chi connectivity index (χ0) is 19.6. The van der Waals surface area contributed by atoms with Crippen molar-refractivity contribution in [1.29, 1.82) is 0 Å². The first kappa shape index (κ1) is 19.1. The summed E-state index contributed by atoms with van der Waals surface area (Å²) in [6.07, 6.45) is 1.13. The summed E-state index contributed by atoms with van der Waals surface area (Å²) < 4.78 is 7.06. The van der Waals surface area contributed by atoms with Crippen molar-refractivity contribution in [2.45, 2.75) is 34.1 Å². The topological polar surface area (TPSA) is 64.4 Å². The van der Waals surface area contributed by atoms with E-state index in [9.17, 15) is 9.59 Å². The summed E-state index contributed by atoms with van der Waals surface area (Å²) in [5, 5.41) is 4.46. The van der Waals surface area contributed by atoms with E-state index in [0.717, 1.165) is 25.2 Å². The van der Waals surface area contributed by atoms with Gasteiger partial charge >= 0.3 is 5.97 Å². The van der Waals surface area contributed by atoms with E-state index < -0.39 is 5.97 Å². The molecule has 3 rings (SSSR count). The number of esters is 1. The predicted molar refractivity (Wildman–Crippen MR) is 103 cm³/mol. The molecule has 6 heteroatoms. The van der Waals surface area contributed by atoms with E-state index in [1.165, 1.54) is 0 Å². The Morgan fingerprint density at radius 3 is 2.37 bits per heavy atom. The van der Waals surface area contributed by atoms with Gasteiger partial charge in [0.05, 0.1) is 17.1 Å². The van der Waals surface area contributed by atoms with E-state index in [1.54, 1.807) is 16.5 Å². The highest BCUT2D eigenvalue weighted by molar-refractivity contribution is 5.93. The minimum Gasteiger partial charge on any atom is -0.452 e. The Kier molecular flexibility index (Phi) is 5.63. The van der Waals surface area contributed by atoms with E-state index in [2.05, 4.69) is 18.9 Å². The molecule has 2 aromatic rings. The van der Waals surface area contributed by atoms with Gasteiger partial charge in [-0.1, -0.05) is 32.0 Å². The van der Waals surface area contributed by atoms with Crippen LogP contribution in [0.15, 0.2) is 30.3 Å². The van der Waals surface area contributed by atoms with Gasteiger partial charge in [-0.15, -0.1) is 0 Å². The fraction of sp³-hybridized carbons (Fsp3) is 0.476. The fourth-order valence-corrected chi connectivity index (χ4v) is 3.92. The van der Waals surface area contributed by atoms with E-state index in [0.29, 0.717) is 28.8 Å². The van der Waals surface area contributed by atoms with Crippen LogP contribution in [0.4, 0.5) is 0 Å². The highest BCUT2D eigenvalue weighted by atomic mass is 16.5. The number of carbonyl (C=O) groups excluding carboxylic acids is 2. The molecule has 0 aliphatic carbocycles. The Bertz CT molecular complexity index is 819. The van der Waals surface area contributed by atoms with Gasteiger partial charge in [0, 0.05) is 13.1 Å². The van der Waals surface area contributed by atoms with Crippen molar-refractivity contribution >= 4 is 11.9 Å². The number of hydrogen-bond acceptors (Lipinski definition) is 4. The zero-order valence-corrected chi connectivity index (χ0v) is 16.4. The van der Waals surface area contributed by atoms with Gasteiger partial charge in [0.2, 0.25) is 0 Å². The molecule has 0 bridgehead atoms.